The van der Waals surface area contributed by atoms with Crippen LogP contribution < -0.4 is 5.43 Å². The smallest absolute Gasteiger partial charge is 0.394 e. The van der Waals surface area contributed by atoms with E-state index in [1.165, 1.54) is 0 Å². The third kappa shape index (κ3) is 2.98. The van der Waals surface area contributed by atoms with E-state index < -0.39 is 36.1 Å². The second kappa shape index (κ2) is 3.93. The number of aliphatic hydroxyl groups is 1. The fourth-order valence-corrected chi connectivity index (χ4v) is 1.09. The van der Waals surface area contributed by atoms with Crippen LogP contribution in [0.15, 0.2) is 10.9 Å². The van der Waals surface area contributed by atoms with Gasteiger partial charge >= 0.3 is 6.18 Å². The number of aromatic hydroxyl groups is 1. The Morgan fingerprint density at radius 2 is 2.00 bits per heavy atom. The topological polar surface area (TPSA) is 73.3 Å². The van der Waals surface area contributed by atoms with Crippen molar-refractivity contribution in [1.82, 2.24) is 4.98 Å². The third-order valence-electron chi connectivity index (χ3n) is 1.69. The van der Waals surface area contributed by atoms with Crippen molar-refractivity contribution < 1.29 is 23.4 Å². The van der Waals surface area contributed by atoms with E-state index in [-0.39, 0.29) is 5.69 Å². The second-order valence-electron chi connectivity index (χ2n) is 2.94. The number of halogens is 3. The van der Waals surface area contributed by atoms with Gasteiger partial charge in [0.25, 0.3) is 0 Å². The van der Waals surface area contributed by atoms with E-state index in [1.807, 2.05) is 0 Å². The Kier molecular flexibility index (Phi) is 3.04. The molecule has 1 rings (SSSR count). The summed E-state index contributed by atoms with van der Waals surface area (Å²) >= 11 is 0. The predicted octanol–water partition coefficient (Wildman–Crippen LogP) is 0.678. The maximum absolute atomic E-state index is 12.0. The molecule has 0 aliphatic heterocycles. The van der Waals surface area contributed by atoms with Gasteiger partial charge in [-0.1, -0.05) is 0 Å². The van der Waals surface area contributed by atoms with Gasteiger partial charge in [0.1, 0.15) is 0 Å². The standard InChI is InChI=1S/C8H8F3NO3/c9-8(10,11)2-4-1-6(14)7(15)5(3-13)12-4/h1,13,15H,2-3H2,(H,12,14). The van der Waals surface area contributed by atoms with Crippen LogP contribution in [0.25, 0.3) is 0 Å². The van der Waals surface area contributed by atoms with Crippen LogP contribution in [0.1, 0.15) is 11.4 Å². The molecule has 0 unspecified atom stereocenters. The molecule has 1 aromatic heterocycles. The van der Waals surface area contributed by atoms with Crippen molar-refractivity contribution >= 4 is 0 Å². The quantitative estimate of drug-likeness (QED) is 0.690. The molecule has 0 spiro atoms. The maximum Gasteiger partial charge on any atom is 0.394 e. The van der Waals surface area contributed by atoms with Crippen LogP contribution in [0, 0.1) is 0 Å². The highest BCUT2D eigenvalue weighted by Crippen LogP contribution is 2.20. The monoisotopic (exact) mass is 223 g/mol. The molecule has 0 bridgehead atoms. The molecule has 0 aliphatic rings. The molecule has 7 heteroatoms. The molecule has 1 aromatic rings. The molecule has 0 aromatic carbocycles. The molecule has 3 N–H and O–H groups in total. The summed E-state index contributed by atoms with van der Waals surface area (Å²) in [6.07, 6.45) is -5.76. The highest BCUT2D eigenvalue weighted by atomic mass is 19.4. The van der Waals surface area contributed by atoms with Crippen LogP contribution in [0.4, 0.5) is 13.2 Å². The lowest BCUT2D eigenvalue weighted by molar-refractivity contribution is -0.127. The molecular weight excluding hydrogens is 215 g/mol. The Hall–Kier alpha value is -1.50. The maximum atomic E-state index is 12.0. The van der Waals surface area contributed by atoms with Crippen LogP contribution in [0.2, 0.25) is 0 Å². The van der Waals surface area contributed by atoms with Gasteiger partial charge in [0.2, 0.25) is 5.43 Å². The van der Waals surface area contributed by atoms with E-state index in [0.29, 0.717) is 6.07 Å². The summed E-state index contributed by atoms with van der Waals surface area (Å²) in [5.41, 5.74) is -1.66. The van der Waals surface area contributed by atoms with Crippen molar-refractivity contribution in [2.75, 3.05) is 0 Å². The molecule has 0 atom stereocenters. The van der Waals surface area contributed by atoms with Gasteiger partial charge in [-0.05, 0) is 0 Å². The van der Waals surface area contributed by atoms with E-state index >= 15 is 0 Å². The zero-order valence-electron chi connectivity index (χ0n) is 7.43. The van der Waals surface area contributed by atoms with E-state index in [4.69, 9.17) is 10.2 Å². The fraction of sp³-hybridized carbons (Fsp3) is 0.375. The number of pyridine rings is 1. The minimum Gasteiger partial charge on any atom is -0.503 e. The van der Waals surface area contributed by atoms with Gasteiger partial charge in [-0.15, -0.1) is 0 Å². The van der Waals surface area contributed by atoms with Crippen LogP contribution in [0.5, 0.6) is 5.75 Å². The average molecular weight is 223 g/mol. The first-order chi connectivity index (χ1) is 6.83. The number of hydrogen-bond acceptors (Lipinski definition) is 3. The van der Waals surface area contributed by atoms with Crippen LogP contribution in [-0.2, 0) is 13.0 Å². The Morgan fingerprint density at radius 1 is 1.40 bits per heavy atom. The zero-order chi connectivity index (χ0) is 11.6. The zero-order valence-corrected chi connectivity index (χ0v) is 7.43. The largest absolute Gasteiger partial charge is 0.503 e. The van der Waals surface area contributed by atoms with Gasteiger partial charge in [-0.2, -0.15) is 13.2 Å². The molecule has 0 aliphatic carbocycles. The van der Waals surface area contributed by atoms with Gasteiger partial charge in [0, 0.05) is 11.8 Å². The first-order valence-corrected chi connectivity index (χ1v) is 3.95. The number of alkyl halides is 3. The van der Waals surface area contributed by atoms with E-state index in [2.05, 4.69) is 4.98 Å². The molecule has 4 nitrogen and oxygen atoms in total. The summed E-state index contributed by atoms with van der Waals surface area (Å²) in [6, 6.07) is 0.655. The Morgan fingerprint density at radius 3 is 2.47 bits per heavy atom. The van der Waals surface area contributed by atoms with E-state index in [0.717, 1.165) is 0 Å². The summed E-state index contributed by atoms with van der Waals surface area (Å²) < 4.78 is 35.9. The molecule has 0 fully saturated rings. The average Bonchev–Trinajstić information content (AvgIpc) is 2.08. The minimum absolute atomic E-state index is 0.318. The van der Waals surface area contributed by atoms with E-state index in [9.17, 15) is 18.0 Å². The van der Waals surface area contributed by atoms with Crippen molar-refractivity contribution in [2.24, 2.45) is 0 Å². The van der Waals surface area contributed by atoms with Crippen molar-refractivity contribution in [3.8, 4) is 5.75 Å². The molecule has 84 valence electrons. The SMILES string of the molecule is O=c1cc(CC(F)(F)F)[nH]c(CO)c1O. The molecule has 15 heavy (non-hydrogen) atoms. The number of hydrogen-bond donors (Lipinski definition) is 3. The number of aliphatic hydroxyl groups excluding tert-OH is 1. The van der Waals surface area contributed by atoms with Gasteiger partial charge in [-0.3, -0.25) is 4.79 Å². The number of aromatic amines is 1. The Balaban J connectivity index is 3.12. The Labute approximate surface area is 82.0 Å². The number of H-pyrrole nitrogens is 1. The van der Waals surface area contributed by atoms with Crippen LogP contribution >= 0.6 is 0 Å². The van der Waals surface area contributed by atoms with Gasteiger partial charge in [0.05, 0.1) is 18.7 Å². The molecule has 1 heterocycles. The lowest BCUT2D eigenvalue weighted by Crippen LogP contribution is -2.16. The first-order valence-electron chi connectivity index (χ1n) is 3.95. The van der Waals surface area contributed by atoms with E-state index in [1.54, 1.807) is 0 Å². The summed E-state index contributed by atoms with van der Waals surface area (Å²) in [6.45, 7) is -0.729. The molecule has 0 amide bonds. The number of aromatic nitrogens is 1. The van der Waals surface area contributed by atoms with Crippen molar-refractivity contribution in [2.45, 2.75) is 19.2 Å². The van der Waals surface area contributed by atoms with Crippen LogP contribution in [0.3, 0.4) is 0 Å². The Bertz CT molecular complexity index is 411. The summed E-state index contributed by atoms with van der Waals surface area (Å²) in [5, 5.41) is 17.7. The van der Waals surface area contributed by atoms with Crippen molar-refractivity contribution in [3.05, 3.63) is 27.7 Å². The minimum atomic E-state index is -4.45. The second-order valence-corrected chi connectivity index (χ2v) is 2.94. The van der Waals surface area contributed by atoms with Gasteiger partial charge in [0.15, 0.2) is 5.75 Å². The predicted molar refractivity (Wildman–Crippen MR) is 44.4 cm³/mol. The summed E-state index contributed by atoms with van der Waals surface area (Å²) in [5.74, 6) is -0.761. The van der Waals surface area contributed by atoms with Gasteiger partial charge < -0.3 is 15.2 Å². The number of nitrogens with one attached hydrogen (secondary N) is 1. The molecule has 0 saturated carbocycles. The summed E-state index contributed by atoms with van der Waals surface area (Å²) in [7, 11) is 0. The lowest BCUT2D eigenvalue weighted by Gasteiger charge is -2.08. The highest BCUT2D eigenvalue weighted by Gasteiger charge is 2.28. The summed E-state index contributed by atoms with van der Waals surface area (Å²) in [4.78, 5) is 13.1. The van der Waals surface area contributed by atoms with Crippen molar-refractivity contribution in [1.29, 1.82) is 0 Å². The fourth-order valence-electron chi connectivity index (χ4n) is 1.09. The lowest BCUT2D eigenvalue weighted by atomic mass is 10.2. The highest BCUT2D eigenvalue weighted by molar-refractivity contribution is 5.27. The molecule has 0 radical (unpaired) electrons. The molecular formula is C8H8F3NO3. The molecule has 0 saturated heterocycles. The first kappa shape index (κ1) is 11.6. The van der Waals surface area contributed by atoms with Crippen molar-refractivity contribution in [3.63, 3.8) is 0 Å². The third-order valence-corrected chi connectivity index (χ3v) is 1.69. The normalized spacial score (nSPS) is 11.7. The number of rotatable bonds is 2. The van der Waals surface area contributed by atoms with Crippen LogP contribution in [-0.4, -0.2) is 21.4 Å². The van der Waals surface area contributed by atoms with Gasteiger partial charge in [-0.25, -0.2) is 0 Å².